The van der Waals surface area contributed by atoms with Crippen LogP contribution in [0.5, 0.6) is 11.5 Å². The quantitative estimate of drug-likeness (QED) is 0.313. The highest BCUT2D eigenvalue weighted by Gasteiger charge is 2.36. The van der Waals surface area contributed by atoms with Gasteiger partial charge in [-0.2, -0.15) is 0 Å². The normalized spacial score (nSPS) is 14.7. The van der Waals surface area contributed by atoms with Gasteiger partial charge in [-0.05, 0) is 60.2 Å². The van der Waals surface area contributed by atoms with Crippen LogP contribution in [0.3, 0.4) is 0 Å². The van der Waals surface area contributed by atoms with Gasteiger partial charge in [-0.25, -0.2) is 0 Å². The molecule has 3 rings (SSSR count). The van der Waals surface area contributed by atoms with E-state index in [1.165, 1.54) is 13.2 Å². The number of methoxy groups -OCH3 is 1. The van der Waals surface area contributed by atoms with E-state index >= 15 is 0 Å². The first-order valence-electron chi connectivity index (χ1n) is 9.58. The summed E-state index contributed by atoms with van der Waals surface area (Å²) in [6, 6.07) is 8.32. The minimum Gasteiger partial charge on any atom is -0.493 e. The number of imide groups is 1. The molecule has 0 N–H and O–H groups in total. The second kappa shape index (κ2) is 11.2. The molecule has 2 aromatic rings. The monoisotopic (exact) mass is 529 g/mol. The van der Waals surface area contributed by atoms with Crippen molar-refractivity contribution in [2.75, 3.05) is 20.3 Å². The second-order valence-electron chi connectivity index (χ2n) is 6.64. The van der Waals surface area contributed by atoms with Crippen molar-refractivity contribution in [3.8, 4) is 11.5 Å². The van der Waals surface area contributed by atoms with Gasteiger partial charge >= 0.3 is 5.97 Å². The maximum Gasteiger partial charge on any atom is 0.326 e. The number of ether oxygens (including phenoxy) is 3. The lowest BCUT2D eigenvalue weighted by Gasteiger charge is -2.14. The molecule has 2 aromatic carbocycles. The van der Waals surface area contributed by atoms with E-state index in [9.17, 15) is 14.4 Å². The Balaban J connectivity index is 1.79. The van der Waals surface area contributed by atoms with E-state index in [4.69, 9.17) is 49.0 Å². The van der Waals surface area contributed by atoms with Gasteiger partial charge in [-0.15, -0.1) is 0 Å². The Kier molecular flexibility index (Phi) is 8.53. The molecule has 174 valence electrons. The van der Waals surface area contributed by atoms with E-state index < -0.39 is 23.7 Å². The molecular formula is C22H18Cl3NO6S. The smallest absolute Gasteiger partial charge is 0.326 e. The fourth-order valence-corrected chi connectivity index (χ4v) is 4.30. The molecule has 1 heterocycles. The van der Waals surface area contributed by atoms with Crippen molar-refractivity contribution in [2.24, 2.45) is 0 Å². The van der Waals surface area contributed by atoms with Crippen LogP contribution in [0.15, 0.2) is 35.2 Å². The topological polar surface area (TPSA) is 82.1 Å². The zero-order chi connectivity index (χ0) is 24.1. The average molecular weight is 531 g/mol. The number of hydrogen-bond acceptors (Lipinski definition) is 7. The SMILES string of the molecule is CCOC(=O)CN1C(=O)S/C(=C/c2cc(Cl)c(OCc3ccc(Cl)c(Cl)c3)c(OC)c2)C1=O. The second-order valence-corrected chi connectivity index (χ2v) is 8.86. The number of benzene rings is 2. The highest BCUT2D eigenvalue weighted by molar-refractivity contribution is 8.18. The van der Waals surface area contributed by atoms with Crippen LogP contribution >= 0.6 is 46.6 Å². The summed E-state index contributed by atoms with van der Waals surface area (Å²) in [6.45, 7) is 1.52. The molecule has 0 atom stereocenters. The number of rotatable bonds is 8. The molecular weight excluding hydrogens is 513 g/mol. The highest BCUT2D eigenvalue weighted by atomic mass is 35.5. The number of nitrogens with zero attached hydrogens (tertiary/aromatic N) is 1. The zero-order valence-electron chi connectivity index (χ0n) is 17.5. The third-order valence-corrected chi connectivity index (χ3v) is 6.31. The Bertz CT molecular complexity index is 1140. The molecule has 0 aliphatic carbocycles. The summed E-state index contributed by atoms with van der Waals surface area (Å²) in [5, 5.41) is 0.528. The lowest BCUT2D eigenvalue weighted by molar-refractivity contribution is -0.145. The first kappa shape index (κ1) is 25.2. The number of thioether (sulfide) groups is 1. The van der Waals surface area contributed by atoms with Crippen molar-refractivity contribution in [1.29, 1.82) is 0 Å². The van der Waals surface area contributed by atoms with Gasteiger partial charge < -0.3 is 14.2 Å². The van der Waals surface area contributed by atoms with E-state index in [-0.39, 0.29) is 23.1 Å². The van der Waals surface area contributed by atoms with Gasteiger partial charge in [0.05, 0.1) is 33.7 Å². The minimum atomic E-state index is -0.658. The summed E-state index contributed by atoms with van der Waals surface area (Å²) in [7, 11) is 1.45. The maximum absolute atomic E-state index is 12.6. The number of amides is 2. The van der Waals surface area contributed by atoms with Crippen LogP contribution in [0.25, 0.3) is 6.08 Å². The van der Waals surface area contributed by atoms with Gasteiger partial charge in [-0.3, -0.25) is 19.3 Å². The first-order valence-corrected chi connectivity index (χ1v) is 11.5. The van der Waals surface area contributed by atoms with E-state index in [1.807, 2.05) is 0 Å². The van der Waals surface area contributed by atoms with Gasteiger partial charge in [0.2, 0.25) is 0 Å². The third-order valence-electron chi connectivity index (χ3n) is 4.38. The van der Waals surface area contributed by atoms with E-state index in [0.717, 1.165) is 22.2 Å². The summed E-state index contributed by atoms with van der Waals surface area (Å²) in [6.07, 6.45) is 1.49. The molecule has 11 heteroatoms. The maximum atomic E-state index is 12.6. The van der Waals surface area contributed by atoms with Crippen molar-refractivity contribution in [2.45, 2.75) is 13.5 Å². The van der Waals surface area contributed by atoms with E-state index in [1.54, 1.807) is 37.3 Å². The van der Waals surface area contributed by atoms with E-state index in [2.05, 4.69) is 0 Å². The Morgan fingerprint density at radius 2 is 1.85 bits per heavy atom. The van der Waals surface area contributed by atoms with Gasteiger partial charge in [0.15, 0.2) is 11.5 Å². The molecule has 0 spiro atoms. The molecule has 2 amide bonds. The fraction of sp³-hybridized carbons (Fsp3) is 0.227. The molecule has 1 fully saturated rings. The summed E-state index contributed by atoms with van der Waals surface area (Å²) < 4.78 is 16.0. The molecule has 0 radical (unpaired) electrons. The molecule has 0 unspecified atom stereocenters. The number of halogens is 3. The Hall–Kier alpha value is -2.39. The van der Waals surface area contributed by atoms with Crippen LogP contribution in [0.4, 0.5) is 4.79 Å². The van der Waals surface area contributed by atoms with Crippen LogP contribution in [-0.4, -0.2) is 42.3 Å². The van der Waals surface area contributed by atoms with Crippen LogP contribution < -0.4 is 9.47 Å². The van der Waals surface area contributed by atoms with Gasteiger partial charge in [0.25, 0.3) is 11.1 Å². The zero-order valence-corrected chi connectivity index (χ0v) is 20.6. The van der Waals surface area contributed by atoms with Crippen LogP contribution in [-0.2, 0) is 20.9 Å². The molecule has 33 heavy (non-hydrogen) atoms. The molecule has 0 saturated carbocycles. The third kappa shape index (κ3) is 6.14. The average Bonchev–Trinajstić information content (AvgIpc) is 3.02. The Labute approximate surface area is 209 Å². The summed E-state index contributed by atoms with van der Waals surface area (Å²) in [4.78, 5) is 37.4. The fourth-order valence-electron chi connectivity index (χ4n) is 2.87. The lowest BCUT2D eigenvalue weighted by atomic mass is 10.1. The van der Waals surface area contributed by atoms with Crippen molar-refractivity contribution in [3.63, 3.8) is 0 Å². The number of carbonyl (C=O) groups is 3. The van der Waals surface area contributed by atoms with Crippen molar-refractivity contribution in [1.82, 2.24) is 4.90 Å². The van der Waals surface area contributed by atoms with Crippen molar-refractivity contribution < 1.29 is 28.6 Å². The molecule has 1 saturated heterocycles. The van der Waals surface area contributed by atoms with E-state index in [0.29, 0.717) is 27.1 Å². The predicted molar refractivity (Wildman–Crippen MR) is 128 cm³/mol. The summed E-state index contributed by atoms with van der Waals surface area (Å²) in [5.74, 6) is -0.611. The molecule has 1 aliphatic rings. The largest absolute Gasteiger partial charge is 0.493 e. The van der Waals surface area contributed by atoms with Crippen LogP contribution in [0.1, 0.15) is 18.1 Å². The lowest BCUT2D eigenvalue weighted by Crippen LogP contribution is -2.34. The Morgan fingerprint density at radius 3 is 2.52 bits per heavy atom. The van der Waals surface area contributed by atoms with Crippen molar-refractivity contribution in [3.05, 3.63) is 61.4 Å². The summed E-state index contributed by atoms with van der Waals surface area (Å²) >= 11 is 19.1. The first-order chi connectivity index (χ1) is 15.7. The number of esters is 1. The van der Waals surface area contributed by atoms with Crippen LogP contribution in [0, 0.1) is 0 Å². The molecule has 7 nitrogen and oxygen atoms in total. The van der Waals surface area contributed by atoms with Gasteiger partial charge in [0.1, 0.15) is 13.2 Å². The van der Waals surface area contributed by atoms with Gasteiger partial charge in [-0.1, -0.05) is 40.9 Å². The summed E-state index contributed by atoms with van der Waals surface area (Å²) in [5.41, 5.74) is 1.29. The predicted octanol–water partition coefficient (Wildman–Crippen LogP) is 5.83. The highest BCUT2D eigenvalue weighted by Crippen LogP contribution is 2.39. The van der Waals surface area contributed by atoms with Crippen molar-refractivity contribution >= 4 is 69.8 Å². The Morgan fingerprint density at radius 1 is 1.09 bits per heavy atom. The van der Waals surface area contributed by atoms with Gasteiger partial charge in [0, 0.05) is 0 Å². The standard InChI is InChI=1S/C22H18Cl3NO6S/c1-3-31-19(27)10-26-21(28)18(33-22(26)29)9-13-7-16(25)20(17(8-13)30-2)32-11-12-4-5-14(23)15(24)6-12/h4-9H,3,10-11H2,1-2H3/b18-9+. The molecule has 0 aromatic heterocycles. The number of carbonyl (C=O) groups excluding carboxylic acids is 3. The molecule has 0 bridgehead atoms. The number of hydrogen-bond donors (Lipinski definition) is 0. The van der Waals surface area contributed by atoms with Crippen LogP contribution in [0.2, 0.25) is 15.1 Å². The molecule has 1 aliphatic heterocycles. The minimum absolute atomic E-state index is 0.145.